The van der Waals surface area contributed by atoms with Gasteiger partial charge >= 0.3 is 0 Å². The highest BCUT2D eigenvalue weighted by Crippen LogP contribution is 2.40. The van der Waals surface area contributed by atoms with Crippen LogP contribution in [0.25, 0.3) is 22.5 Å². The molecule has 0 bridgehead atoms. The molecule has 1 atom stereocenters. The van der Waals surface area contributed by atoms with Gasteiger partial charge in [-0.15, -0.1) is 11.3 Å². The molecule has 1 N–H and O–H groups in total. The zero-order chi connectivity index (χ0) is 25.9. The van der Waals surface area contributed by atoms with Crippen LogP contribution in [0, 0.1) is 0 Å². The van der Waals surface area contributed by atoms with Crippen molar-refractivity contribution in [2.24, 2.45) is 7.05 Å². The number of carbonyl (C=O) groups is 1. The first-order valence-corrected chi connectivity index (χ1v) is 13.5. The second kappa shape index (κ2) is 10.6. The molecule has 0 unspecified atom stereocenters. The molecule has 190 valence electrons. The van der Waals surface area contributed by atoms with Gasteiger partial charge in [0.1, 0.15) is 6.33 Å². The van der Waals surface area contributed by atoms with E-state index in [1.807, 2.05) is 53.2 Å². The molecule has 4 heterocycles. The number of rotatable bonds is 8. The zero-order valence-corrected chi connectivity index (χ0v) is 21.8. The van der Waals surface area contributed by atoms with Crippen molar-refractivity contribution in [3.8, 4) is 22.5 Å². The maximum absolute atomic E-state index is 14.2. The molecule has 0 saturated carbocycles. The minimum absolute atomic E-state index is 0.0543. The third-order valence-electron chi connectivity index (χ3n) is 6.93. The Hall–Kier alpha value is -4.21. The molecule has 5 aromatic rings. The summed E-state index contributed by atoms with van der Waals surface area (Å²) >= 11 is 1.56. The predicted octanol–water partition coefficient (Wildman–Crippen LogP) is 4.29. The largest absolute Gasteiger partial charge is 0.310 e. The van der Waals surface area contributed by atoms with Crippen LogP contribution in [-0.4, -0.2) is 43.2 Å². The van der Waals surface area contributed by atoms with Crippen LogP contribution in [0.5, 0.6) is 0 Å². The van der Waals surface area contributed by atoms with E-state index in [-0.39, 0.29) is 5.91 Å². The van der Waals surface area contributed by atoms with Crippen LogP contribution in [0.2, 0.25) is 0 Å². The Labute approximate surface area is 225 Å². The first kappa shape index (κ1) is 24.1. The van der Waals surface area contributed by atoms with Gasteiger partial charge in [-0.2, -0.15) is 5.10 Å². The van der Waals surface area contributed by atoms with E-state index in [0.29, 0.717) is 19.5 Å². The number of carbonyl (C=O) groups excluding carboxylic acids is 1. The first-order chi connectivity index (χ1) is 18.7. The normalized spacial score (nSPS) is 13.4. The van der Waals surface area contributed by atoms with E-state index in [1.54, 1.807) is 34.7 Å². The molecule has 0 saturated heterocycles. The fourth-order valence-corrected chi connectivity index (χ4v) is 5.58. The summed E-state index contributed by atoms with van der Waals surface area (Å²) in [4.78, 5) is 29.2. The van der Waals surface area contributed by atoms with Crippen molar-refractivity contribution in [2.45, 2.75) is 25.4 Å². The number of nitrogens with zero attached hydrogens (tertiary/aromatic N) is 6. The minimum atomic E-state index is -0.395. The SMILES string of the molecule is Cn1ncnc1-c1cc(-c2ccncc2)cc2c1CCN2C(=O)[C@H](Cc1ccccc1)NCc1cscn1. The Morgan fingerprint density at radius 3 is 2.66 bits per heavy atom. The molecule has 9 heteroatoms. The number of pyridine rings is 1. The van der Waals surface area contributed by atoms with Gasteiger partial charge in [0.2, 0.25) is 5.91 Å². The zero-order valence-electron chi connectivity index (χ0n) is 21.0. The van der Waals surface area contributed by atoms with Crippen LogP contribution in [0.3, 0.4) is 0 Å². The molecule has 6 rings (SSSR count). The summed E-state index contributed by atoms with van der Waals surface area (Å²) in [7, 11) is 1.89. The van der Waals surface area contributed by atoms with Crippen LogP contribution in [0.1, 0.15) is 16.8 Å². The van der Waals surface area contributed by atoms with Gasteiger partial charge in [0.25, 0.3) is 0 Å². The van der Waals surface area contributed by atoms with Gasteiger partial charge in [-0.05, 0) is 59.4 Å². The first-order valence-electron chi connectivity index (χ1n) is 12.5. The molecule has 8 nitrogen and oxygen atoms in total. The Balaban J connectivity index is 1.38. The Bertz CT molecular complexity index is 1530. The fourth-order valence-electron chi connectivity index (χ4n) is 5.02. The van der Waals surface area contributed by atoms with Crippen molar-refractivity contribution >= 4 is 22.9 Å². The number of benzene rings is 2. The van der Waals surface area contributed by atoms with Crippen molar-refractivity contribution in [3.05, 3.63) is 101 Å². The summed E-state index contributed by atoms with van der Waals surface area (Å²) in [5.41, 5.74) is 8.96. The number of anilines is 1. The van der Waals surface area contributed by atoms with Crippen molar-refractivity contribution in [1.29, 1.82) is 0 Å². The van der Waals surface area contributed by atoms with Crippen molar-refractivity contribution < 1.29 is 4.79 Å². The predicted molar refractivity (Wildman–Crippen MR) is 149 cm³/mol. The summed E-state index contributed by atoms with van der Waals surface area (Å²) in [6, 6.07) is 18.0. The number of aryl methyl sites for hydroxylation is 1. The van der Waals surface area contributed by atoms with Crippen molar-refractivity contribution in [1.82, 2.24) is 30.0 Å². The molecule has 0 radical (unpaired) electrons. The van der Waals surface area contributed by atoms with Crippen LogP contribution in [0.4, 0.5) is 5.69 Å². The van der Waals surface area contributed by atoms with Gasteiger partial charge in [0.15, 0.2) is 5.82 Å². The summed E-state index contributed by atoms with van der Waals surface area (Å²) < 4.78 is 1.78. The second-order valence-corrected chi connectivity index (χ2v) is 10.0. The number of nitrogens with one attached hydrogen (secondary N) is 1. The maximum Gasteiger partial charge on any atom is 0.244 e. The summed E-state index contributed by atoms with van der Waals surface area (Å²) in [6.07, 6.45) is 6.48. The average Bonchev–Trinajstić information content (AvgIpc) is 3.72. The monoisotopic (exact) mass is 521 g/mol. The highest BCUT2D eigenvalue weighted by Gasteiger charge is 2.33. The molecule has 0 aliphatic carbocycles. The molecule has 1 aliphatic rings. The Kier molecular flexibility index (Phi) is 6.76. The molecule has 38 heavy (non-hydrogen) atoms. The molecular weight excluding hydrogens is 494 g/mol. The number of amides is 1. The molecule has 0 spiro atoms. The van der Waals surface area contributed by atoms with Crippen LogP contribution in [0.15, 0.2) is 84.2 Å². The molecular formula is C29H27N7OS. The Morgan fingerprint density at radius 1 is 1.08 bits per heavy atom. The van der Waals surface area contributed by atoms with Crippen LogP contribution < -0.4 is 10.2 Å². The van der Waals surface area contributed by atoms with E-state index in [1.165, 1.54) is 0 Å². The highest BCUT2D eigenvalue weighted by atomic mass is 32.1. The Morgan fingerprint density at radius 2 is 1.92 bits per heavy atom. The van der Waals surface area contributed by atoms with Gasteiger partial charge in [-0.25, -0.2) is 14.6 Å². The minimum Gasteiger partial charge on any atom is -0.310 e. The lowest BCUT2D eigenvalue weighted by Crippen LogP contribution is -2.47. The van der Waals surface area contributed by atoms with E-state index in [2.05, 4.69) is 49.6 Å². The number of fused-ring (bicyclic) bond motifs is 1. The topological polar surface area (TPSA) is 88.8 Å². The van der Waals surface area contributed by atoms with E-state index in [9.17, 15) is 4.79 Å². The van der Waals surface area contributed by atoms with Crippen LogP contribution >= 0.6 is 11.3 Å². The van der Waals surface area contributed by atoms with E-state index >= 15 is 0 Å². The smallest absolute Gasteiger partial charge is 0.244 e. The second-order valence-electron chi connectivity index (χ2n) is 9.31. The number of aromatic nitrogens is 5. The number of hydrogen-bond acceptors (Lipinski definition) is 7. The third-order valence-corrected chi connectivity index (χ3v) is 7.56. The highest BCUT2D eigenvalue weighted by molar-refractivity contribution is 7.07. The van der Waals surface area contributed by atoms with Gasteiger partial charge in [-0.1, -0.05) is 30.3 Å². The molecule has 2 aromatic carbocycles. The van der Waals surface area contributed by atoms with Gasteiger partial charge < -0.3 is 4.90 Å². The summed E-state index contributed by atoms with van der Waals surface area (Å²) in [6.45, 7) is 1.15. The number of hydrogen-bond donors (Lipinski definition) is 1. The quantitative estimate of drug-likeness (QED) is 0.328. The van der Waals surface area contributed by atoms with Gasteiger partial charge in [-0.3, -0.25) is 15.1 Å². The van der Waals surface area contributed by atoms with Crippen molar-refractivity contribution in [3.63, 3.8) is 0 Å². The lowest BCUT2D eigenvalue weighted by atomic mass is 9.97. The van der Waals surface area contributed by atoms with E-state index < -0.39 is 6.04 Å². The summed E-state index contributed by atoms with van der Waals surface area (Å²) in [5.74, 6) is 0.840. The summed E-state index contributed by atoms with van der Waals surface area (Å²) in [5, 5.41) is 9.80. The van der Waals surface area contributed by atoms with Gasteiger partial charge in [0, 0.05) is 49.2 Å². The molecule has 1 aliphatic heterocycles. The standard InChI is InChI=1S/C29H27N7OS/c1-35-28(32-18-34-35)25-14-22(21-7-10-30-11-8-21)15-27-24(25)9-12-36(27)29(37)26(13-20-5-3-2-4-6-20)31-16-23-17-38-19-33-23/h2-8,10-11,14-15,17-19,26,31H,9,12-13,16H2,1H3/t26-/m0/s1. The molecule has 1 amide bonds. The molecule has 0 fully saturated rings. The average molecular weight is 522 g/mol. The van der Waals surface area contributed by atoms with Crippen LogP contribution in [-0.2, 0) is 31.2 Å². The number of thiazole rings is 1. The maximum atomic E-state index is 14.2. The third kappa shape index (κ3) is 4.85. The van der Waals surface area contributed by atoms with Gasteiger partial charge in [0.05, 0.1) is 17.2 Å². The van der Waals surface area contributed by atoms with Crippen molar-refractivity contribution in [2.75, 3.05) is 11.4 Å². The molecule has 3 aromatic heterocycles. The lowest BCUT2D eigenvalue weighted by molar-refractivity contribution is -0.120. The van der Waals surface area contributed by atoms with E-state index in [0.717, 1.165) is 51.4 Å². The van der Waals surface area contributed by atoms with E-state index in [4.69, 9.17) is 0 Å². The lowest BCUT2D eigenvalue weighted by Gasteiger charge is -2.26. The fraction of sp³-hybridized carbons (Fsp3) is 0.207.